The van der Waals surface area contributed by atoms with Crippen LogP contribution in [-0.2, 0) is 17.5 Å². The largest absolute Gasteiger partial charge is 0.481 e. The van der Waals surface area contributed by atoms with E-state index in [4.69, 9.17) is 4.74 Å². The Bertz CT molecular complexity index is 711. The SMILES string of the molecule is CC[C@@H](Oc1ccc(C)cc1)C(=O)NCc1cccc(C(F)(F)F)c1. The summed E-state index contributed by atoms with van der Waals surface area (Å²) in [4.78, 5) is 12.2. The number of benzene rings is 2. The van der Waals surface area contributed by atoms with E-state index in [0.717, 1.165) is 17.7 Å². The topological polar surface area (TPSA) is 38.3 Å². The highest BCUT2D eigenvalue weighted by Crippen LogP contribution is 2.29. The standard InChI is InChI=1S/C19H20F3NO2/c1-3-17(25-16-9-7-13(2)8-10-16)18(24)23-12-14-5-4-6-15(11-14)19(20,21)22/h4-11,17H,3,12H2,1-2H3,(H,23,24)/t17-/m1/s1. The first kappa shape index (κ1) is 18.8. The number of hydrogen-bond donors (Lipinski definition) is 1. The molecule has 0 bridgehead atoms. The van der Waals surface area contributed by atoms with Crippen LogP contribution < -0.4 is 10.1 Å². The first-order valence-electron chi connectivity index (χ1n) is 7.96. The van der Waals surface area contributed by atoms with Crippen molar-refractivity contribution in [3.05, 3.63) is 65.2 Å². The van der Waals surface area contributed by atoms with Gasteiger partial charge in [-0.2, -0.15) is 13.2 Å². The van der Waals surface area contributed by atoms with Gasteiger partial charge in [0.2, 0.25) is 0 Å². The minimum absolute atomic E-state index is 0.0104. The minimum Gasteiger partial charge on any atom is -0.481 e. The summed E-state index contributed by atoms with van der Waals surface area (Å²) in [6.07, 6.45) is -4.66. The summed E-state index contributed by atoms with van der Waals surface area (Å²) in [6.45, 7) is 3.77. The van der Waals surface area contributed by atoms with Crippen molar-refractivity contribution < 1.29 is 22.7 Å². The molecule has 0 radical (unpaired) electrons. The fourth-order valence-corrected chi connectivity index (χ4v) is 2.26. The van der Waals surface area contributed by atoms with Crippen LogP contribution in [0.25, 0.3) is 0 Å². The number of amides is 1. The number of rotatable bonds is 6. The molecule has 1 N–H and O–H groups in total. The van der Waals surface area contributed by atoms with Gasteiger partial charge in [-0.1, -0.05) is 36.8 Å². The van der Waals surface area contributed by atoms with Gasteiger partial charge < -0.3 is 10.1 Å². The molecule has 0 aliphatic carbocycles. The molecule has 3 nitrogen and oxygen atoms in total. The van der Waals surface area contributed by atoms with E-state index in [9.17, 15) is 18.0 Å². The molecule has 0 unspecified atom stereocenters. The molecule has 2 aromatic carbocycles. The quantitative estimate of drug-likeness (QED) is 0.833. The van der Waals surface area contributed by atoms with Crippen LogP contribution in [0.3, 0.4) is 0 Å². The molecule has 25 heavy (non-hydrogen) atoms. The van der Waals surface area contributed by atoms with Gasteiger partial charge in [0.25, 0.3) is 5.91 Å². The zero-order valence-corrected chi connectivity index (χ0v) is 14.1. The lowest BCUT2D eigenvalue weighted by molar-refractivity contribution is -0.137. The van der Waals surface area contributed by atoms with E-state index < -0.39 is 17.8 Å². The van der Waals surface area contributed by atoms with Crippen molar-refractivity contribution in [1.82, 2.24) is 5.32 Å². The molecular formula is C19H20F3NO2. The normalized spacial score (nSPS) is 12.5. The molecule has 0 aliphatic heterocycles. The van der Waals surface area contributed by atoms with Crippen LogP contribution in [0.5, 0.6) is 5.75 Å². The van der Waals surface area contributed by atoms with Gasteiger partial charge in [0.05, 0.1) is 5.56 Å². The molecule has 2 rings (SSSR count). The number of nitrogens with one attached hydrogen (secondary N) is 1. The summed E-state index contributed by atoms with van der Waals surface area (Å²) in [5.74, 6) is 0.215. The number of carbonyl (C=O) groups is 1. The molecule has 1 atom stereocenters. The molecular weight excluding hydrogens is 331 g/mol. The molecule has 0 heterocycles. The van der Waals surface area contributed by atoms with Crippen molar-refractivity contribution in [3.8, 4) is 5.75 Å². The lowest BCUT2D eigenvalue weighted by atomic mass is 10.1. The third kappa shape index (κ3) is 5.52. The van der Waals surface area contributed by atoms with Crippen LogP contribution >= 0.6 is 0 Å². The van der Waals surface area contributed by atoms with Crippen LogP contribution in [0.15, 0.2) is 48.5 Å². The fraction of sp³-hybridized carbons (Fsp3) is 0.316. The highest BCUT2D eigenvalue weighted by molar-refractivity contribution is 5.81. The third-order valence-corrected chi connectivity index (χ3v) is 3.68. The minimum atomic E-state index is -4.40. The smallest absolute Gasteiger partial charge is 0.416 e. The Morgan fingerprint density at radius 2 is 1.84 bits per heavy atom. The molecule has 0 aromatic heterocycles. The molecule has 6 heteroatoms. The monoisotopic (exact) mass is 351 g/mol. The van der Waals surface area contributed by atoms with E-state index in [2.05, 4.69) is 5.32 Å². The fourth-order valence-electron chi connectivity index (χ4n) is 2.26. The van der Waals surface area contributed by atoms with Gasteiger partial charge >= 0.3 is 6.18 Å². The molecule has 2 aromatic rings. The Morgan fingerprint density at radius 3 is 2.44 bits per heavy atom. The summed E-state index contributed by atoms with van der Waals surface area (Å²) in [6, 6.07) is 12.2. The van der Waals surface area contributed by atoms with Crippen LogP contribution in [0.2, 0.25) is 0 Å². The van der Waals surface area contributed by atoms with Crippen LogP contribution in [0.4, 0.5) is 13.2 Å². The molecule has 0 spiro atoms. The van der Waals surface area contributed by atoms with Gasteiger partial charge in [0, 0.05) is 6.54 Å². The maximum atomic E-state index is 12.7. The predicted octanol–water partition coefficient (Wildman–Crippen LogP) is 4.49. The molecule has 0 aliphatic rings. The lowest BCUT2D eigenvalue weighted by Gasteiger charge is -2.17. The maximum Gasteiger partial charge on any atom is 0.416 e. The van der Waals surface area contributed by atoms with Gasteiger partial charge in [-0.25, -0.2) is 0 Å². The molecule has 134 valence electrons. The van der Waals surface area contributed by atoms with Crippen LogP contribution in [-0.4, -0.2) is 12.0 Å². The summed E-state index contributed by atoms with van der Waals surface area (Å²) >= 11 is 0. The highest BCUT2D eigenvalue weighted by atomic mass is 19.4. The van der Waals surface area contributed by atoms with Gasteiger partial charge in [-0.3, -0.25) is 4.79 Å². The summed E-state index contributed by atoms with van der Waals surface area (Å²) < 4.78 is 43.8. The van der Waals surface area contributed by atoms with Crippen LogP contribution in [0, 0.1) is 6.92 Å². The molecule has 0 saturated carbocycles. The number of halogens is 3. The van der Waals surface area contributed by atoms with Crippen molar-refractivity contribution in [1.29, 1.82) is 0 Å². The average Bonchev–Trinajstić information content (AvgIpc) is 2.58. The lowest BCUT2D eigenvalue weighted by Crippen LogP contribution is -2.37. The van der Waals surface area contributed by atoms with Gasteiger partial charge in [0.15, 0.2) is 6.10 Å². The van der Waals surface area contributed by atoms with Gasteiger partial charge in [0.1, 0.15) is 5.75 Å². The zero-order valence-electron chi connectivity index (χ0n) is 14.1. The average molecular weight is 351 g/mol. The first-order chi connectivity index (χ1) is 11.8. The number of alkyl halides is 3. The Labute approximate surface area is 144 Å². The summed E-state index contributed by atoms with van der Waals surface area (Å²) in [7, 11) is 0. The van der Waals surface area contributed by atoms with E-state index >= 15 is 0 Å². The second-order valence-electron chi connectivity index (χ2n) is 5.74. The number of carbonyl (C=O) groups excluding carboxylic acids is 1. The van der Waals surface area contributed by atoms with E-state index in [0.29, 0.717) is 17.7 Å². The zero-order chi connectivity index (χ0) is 18.4. The van der Waals surface area contributed by atoms with Crippen molar-refractivity contribution in [3.63, 3.8) is 0 Å². The van der Waals surface area contributed by atoms with E-state index in [1.165, 1.54) is 12.1 Å². The second-order valence-corrected chi connectivity index (χ2v) is 5.74. The Hall–Kier alpha value is -2.50. The number of aryl methyl sites for hydroxylation is 1. The summed E-state index contributed by atoms with van der Waals surface area (Å²) in [5.41, 5.74) is 0.727. The summed E-state index contributed by atoms with van der Waals surface area (Å²) in [5, 5.41) is 2.63. The molecule has 0 fully saturated rings. The Balaban J connectivity index is 1.97. The van der Waals surface area contributed by atoms with E-state index in [-0.39, 0.29) is 12.5 Å². The van der Waals surface area contributed by atoms with Crippen molar-refractivity contribution in [2.75, 3.05) is 0 Å². The second kappa shape index (κ2) is 8.05. The number of hydrogen-bond acceptors (Lipinski definition) is 2. The molecule has 1 amide bonds. The predicted molar refractivity (Wildman–Crippen MR) is 89.2 cm³/mol. The molecule has 0 saturated heterocycles. The first-order valence-corrected chi connectivity index (χ1v) is 7.96. The Kier molecular flexibility index (Phi) is 6.07. The van der Waals surface area contributed by atoms with Crippen LogP contribution in [0.1, 0.15) is 30.0 Å². The van der Waals surface area contributed by atoms with Gasteiger partial charge in [-0.15, -0.1) is 0 Å². The maximum absolute atomic E-state index is 12.7. The van der Waals surface area contributed by atoms with Gasteiger partial charge in [-0.05, 0) is 43.2 Å². The Morgan fingerprint density at radius 1 is 1.16 bits per heavy atom. The van der Waals surface area contributed by atoms with Crippen molar-refractivity contribution in [2.24, 2.45) is 0 Å². The highest BCUT2D eigenvalue weighted by Gasteiger charge is 2.30. The third-order valence-electron chi connectivity index (χ3n) is 3.68. The van der Waals surface area contributed by atoms with Crippen molar-refractivity contribution >= 4 is 5.91 Å². The number of ether oxygens (including phenoxy) is 1. The van der Waals surface area contributed by atoms with Crippen molar-refractivity contribution in [2.45, 2.75) is 39.1 Å². The van der Waals surface area contributed by atoms with E-state index in [1.807, 2.05) is 26.0 Å². The van der Waals surface area contributed by atoms with E-state index in [1.54, 1.807) is 12.1 Å².